The highest BCUT2D eigenvalue weighted by molar-refractivity contribution is 6.30. The molecule has 0 amide bonds. The van der Waals surface area contributed by atoms with Gasteiger partial charge in [0.15, 0.2) is 0 Å². The molecule has 0 aromatic heterocycles. The molecule has 0 unspecified atom stereocenters. The van der Waals surface area contributed by atoms with Crippen molar-refractivity contribution < 1.29 is 0 Å². The molecule has 2 nitrogen and oxygen atoms in total. The van der Waals surface area contributed by atoms with Crippen LogP contribution in [0.3, 0.4) is 0 Å². The van der Waals surface area contributed by atoms with Gasteiger partial charge in [0.25, 0.3) is 0 Å². The van der Waals surface area contributed by atoms with Crippen molar-refractivity contribution in [1.82, 2.24) is 0 Å². The van der Waals surface area contributed by atoms with Gasteiger partial charge in [-0.2, -0.15) is 5.26 Å². The Labute approximate surface area is 101 Å². The van der Waals surface area contributed by atoms with Gasteiger partial charge in [-0.05, 0) is 30.0 Å². The van der Waals surface area contributed by atoms with Crippen LogP contribution in [0.15, 0.2) is 18.2 Å². The van der Waals surface area contributed by atoms with Crippen LogP contribution in [0.2, 0.25) is 5.02 Å². The number of hydrogen-bond acceptors (Lipinski definition) is 2. The van der Waals surface area contributed by atoms with Gasteiger partial charge in [-0.25, -0.2) is 0 Å². The molecule has 0 saturated carbocycles. The first-order valence-electron chi connectivity index (χ1n) is 5.56. The van der Waals surface area contributed by atoms with E-state index in [-0.39, 0.29) is 0 Å². The van der Waals surface area contributed by atoms with E-state index in [9.17, 15) is 0 Å². The van der Waals surface area contributed by atoms with Crippen molar-refractivity contribution in [3.63, 3.8) is 0 Å². The summed E-state index contributed by atoms with van der Waals surface area (Å²) in [6, 6.07) is 7.66. The quantitative estimate of drug-likeness (QED) is 0.785. The molecule has 2 rings (SSSR count). The number of rotatable bonds is 2. The highest BCUT2D eigenvalue weighted by Crippen LogP contribution is 2.32. The second kappa shape index (κ2) is 4.35. The fourth-order valence-electron chi connectivity index (χ4n) is 1.99. The van der Waals surface area contributed by atoms with Crippen molar-refractivity contribution in [2.45, 2.75) is 13.8 Å². The van der Waals surface area contributed by atoms with Gasteiger partial charge in [0.2, 0.25) is 0 Å². The van der Waals surface area contributed by atoms with Crippen LogP contribution >= 0.6 is 11.6 Å². The SMILES string of the molecule is CC(C)C1CN(c2cc(Cl)ccc2C#N)C1. The third-order valence-electron chi connectivity index (χ3n) is 3.27. The van der Waals surface area contributed by atoms with Crippen LogP contribution in [0.25, 0.3) is 0 Å². The van der Waals surface area contributed by atoms with Gasteiger partial charge in [0.05, 0.1) is 11.3 Å². The lowest BCUT2D eigenvalue weighted by Gasteiger charge is -2.43. The predicted molar refractivity (Wildman–Crippen MR) is 66.7 cm³/mol. The molecular weight excluding hydrogens is 220 g/mol. The van der Waals surface area contributed by atoms with Crippen molar-refractivity contribution in [1.29, 1.82) is 5.26 Å². The number of hydrogen-bond donors (Lipinski definition) is 0. The Hall–Kier alpha value is -1.20. The van der Waals surface area contributed by atoms with E-state index >= 15 is 0 Å². The lowest BCUT2D eigenvalue weighted by Crippen LogP contribution is -2.49. The average molecular weight is 235 g/mol. The molecule has 1 aromatic carbocycles. The molecule has 0 N–H and O–H groups in total. The molecule has 0 bridgehead atoms. The average Bonchev–Trinajstić information content (AvgIpc) is 2.15. The highest BCUT2D eigenvalue weighted by atomic mass is 35.5. The summed E-state index contributed by atoms with van der Waals surface area (Å²) in [4.78, 5) is 2.23. The summed E-state index contributed by atoms with van der Waals surface area (Å²) >= 11 is 5.96. The minimum atomic E-state index is 0.696. The third-order valence-corrected chi connectivity index (χ3v) is 3.51. The van der Waals surface area contributed by atoms with E-state index in [2.05, 4.69) is 24.8 Å². The first-order chi connectivity index (χ1) is 7.61. The minimum Gasteiger partial charge on any atom is -0.370 e. The molecule has 1 saturated heterocycles. The summed E-state index contributed by atoms with van der Waals surface area (Å²) in [6.45, 7) is 6.55. The van der Waals surface area contributed by atoms with E-state index in [0.29, 0.717) is 16.5 Å². The van der Waals surface area contributed by atoms with E-state index < -0.39 is 0 Å². The van der Waals surface area contributed by atoms with Gasteiger partial charge in [0.1, 0.15) is 6.07 Å². The van der Waals surface area contributed by atoms with Gasteiger partial charge in [-0.3, -0.25) is 0 Å². The molecule has 1 aromatic rings. The van der Waals surface area contributed by atoms with Gasteiger partial charge >= 0.3 is 0 Å². The van der Waals surface area contributed by atoms with Crippen LogP contribution in [0.1, 0.15) is 19.4 Å². The maximum Gasteiger partial charge on any atom is 0.101 e. The Morgan fingerprint density at radius 3 is 2.69 bits per heavy atom. The lowest BCUT2D eigenvalue weighted by atomic mass is 9.87. The molecule has 3 heteroatoms. The number of nitrogens with zero attached hydrogens (tertiary/aromatic N) is 2. The van der Waals surface area contributed by atoms with Crippen molar-refractivity contribution in [2.24, 2.45) is 11.8 Å². The lowest BCUT2D eigenvalue weighted by molar-refractivity contribution is 0.310. The number of halogens is 1. The van der Waals surface area contributed by atoms with Crippen molar-refractivity contribution in [3.8, 4) is 6.07 Å². The van der Waals surface area contributed by atoms with Crippen LogP contribution in [0.5, 0.6) is 0 Å². The van der Waals surface area contributed by atoms with E-state index in [1.807, 2.05) is 6.07 Å². The molecule has 84 valence electrons. The van der Waals surface area contributed by atoms with Crippen LogP contribution in [-0.2, 0) is 0 Å². The Morgan fingerprint density at radius 2 is 2.12 bits per heavy atom. The summed E-state index contributed by atoms with van der Waals surface area (Å²) in [7, 11) is 0. The van der Waals surface area contributed by atoms with E-state index in [1.165, 1.54) is 0 Å². The Morgan fingerprint density at radius 1 is 1.44 bits per heavy atom. The third kappa shape index (κ3) is 2.01. The summed E-state index contributed by atoms with van der Waals surface area (Å²) in [5.74, 6) is 1.45. The van der Waals surface area contributed by atoms with Crippen LogP contribution in [0.4, 0.5) is 5.69 Å². The summed E-state index contributed by atoms with van der Waals surface area (Å²) < 4.78 is 0. The van der Waals surface area contributed by atoms with E-state index in [1.54, 1.807) is 12.1 Å². The molecule has 0 aliphatic carbocycles. The van der Waals surface area contributed by atoms with Crippen LogP contribution in [-0.4, -0.2) is 13.1 Å². The monoisotopic (exact) mass is 234 g/mol. The minimum absolute atomic E-state index is 0.696. The molecule has 0 radical (unpaired) electrons. The first kappa shape index (κ1) is 11.3. The normalized spacial score (nSPS) is 16.1. The Balaban J connectivity index is 2.17. The van der Waals surface area contributed by atoms with Crippen LogP contribution < -0.4 is 4.90 Å². The maximum atomic E-state index is 9.03. The molecule has 16 heavy (non-hydrogen) atoms. The Bertz CT molecular complexity index is 428. The fourth-order valence-corrected chi connectivity index (χ4v) is 2.16. The van der Waals surface area contributed by atoms with Gasteiger partial charge < -0.3 is 4.90 Å². The zero-order valence-electron chi connectivity index (χ0n) is 9.57. The molecule has 0 spiro atoms. The van der Waals surface area contributed by atoms with Crippen molar-refractivity contribution in [3.05, 3.63) is 28.8 Å². The van der Waals surface area contributed by atoms with Gasteiger partial charge in [-0.1, -0.05) is 25.4 Å². The molecule has 1 fully saturated rings. The van der Waals surface area contributed by atoms with Crippen molar-refractivity contribution >= 4 is 17.3 Å². The molecule has 1 aliphatic rings. The molecular formula is C13H15ClN2. The maximum absolute atomic E-state index is 9.03. The standard InChI is InChI=1S/C13H15ClN2/c1-9(2)11-7-16(8-11)13-5-12(14)4-3-10(13)6-15/h3-5,9,11H,7-8H2,1-2H3. The Kier molecular flexibility index (Phi) is 3.07. The second-order valence-electron chi connectivity index (χ2n) is 4.68. The summed E-state index contributed by atoms with van der Waals surface area (Å²) in [6.07, 6.45) is 0. The predicted octanol–water partition coefficient (Wildman–Crippen LogP) is 3.30. The first-order valence-corrected chi connectivity index (χ1v) is 5.94. The largest absolute Gasteiger partial charge is 0.370 e. The zero-order chi connectivity index (χ0) is 11.7. The summed E-state index contributed by atoms with van der Waals surface area (Å²) in [5, 5.41) is 9.73. The topological polar surface area (TPSA) is 27.0 Å². The number of anilines is 1. The van der Waals surface area contributed by atoms with Gasteiger partial charge in [0, 0.05) is 18.1 Å². The number of nitriles is 1. The van der Waals surface area contributed by atoms with E-state index in [4.69, 9.17) is 16.9 Å². The number of benzene rings is 1. The van der Waals surface area contributed by atoms with Gasteiger partial charge in [-0.15, -0.1) is 0 Å². The molecule has 1 aliphatic heterocycles. The highest BCUT2D eigenvalue weighted by Gasteiger charge is 2.30. The van der Waals surface area contributed by atoms with Crippen molar-refractivity contribution in [2.75, 3.05) is 18.0 Å². The molecule has 0 atom stereocenters. The van der Waals surface area contributed by atoms with Crippen LogP contribution in [0, 0.1) is 23.2 Å². The summed E-state index contributed by atoms with van der Waals surface area (Å²) in [5.41, 5.74) is 1.69. The molecule has 1 heterocycles. The zero-order valence-corrected chi connectivity index (χ0v) is 10.3. The smallest absolute Gasteiger partial charge is 0.101 e. The van der Waals surface area contributed by atoms with E-state index in [0.717, 1.165) is 24.7 Å². The second-order valence-corrected chi connectivity index (χ2v) is 5.12. The fraction of sp³-hybridized carbons (Fsp3) is 0.462.